The molecule has 1 unspecified atom stereocenters. The minimum absolute atomic E-state index is 0.400. The van der Waals surface area contributed by atoms with E-state index in [4.69, 9.17) is 14.2 Å². The molecule has 1 spiro atoms. The van der Waals surface area contributed by atoms with Gasteiger partial charge in [0.2, 0.25) is 5.88 Å². The highest BCUT2D eigenvalue weighted by molar-refractivity contribution is 5.32. The van der Waals surface area contributed by atoms with Crippen LogP contribution >= 0.6 is 0 Å². The molecular weight excluding hydrogens is 242 g/mol. The number of hydrogen-bond acceptors (Lipinski definition) is 4. The van der Waals surface area contributed by atoms with Gasteiger partial charge in [-0.2, -0.15) is 0 Å². The fraction of sp³-hybridized carbons (Fsp3) is 0.667. The molecule has 0 aromatic carbocycles. The first-order chi connectivity index (χ1) is 9.26. The molecule has 1 aliphatic heterocycles. The van der Waals surface area contributed by atoms with Crippen molar-refractivity contribution in [1.82, 2.24) is 4.98 Å². The normalized spacial score (nSPS) is 24.4. The number of pyridine rings is 1. The van der Waals surface area contributed by atoms with Crippen molar-refractivity contribution in [2.24, 2.45) is 0 Å². The molecule has 19 heavy (non-hydrogen) atoms. The summed E-state index contributed by atoms with van der Waals surface area (Å²) >= 11 is 0. The van der Waals surface area contributed by atoms with E-state index in [9.17, 15) is 0 Å². The summed E-state index contributed by atoms with van der Waals surface area (Å²) in [5.41, 5.74) is 2.42. The lowest BCUT2D eigenvalue weighted by atomic mass is 9.80. The molecule has 1 fully saturated rings. The number of fused-ring (bicyclic) bond motifs is 1. The first kappa shape index (κ1) is 12.9. The van der Waals surface area contributed by atoms with Gasteiger partial charge in [-0.15, -0.1) is 0 Å². The van der Waals surface area contributed by atoms with Gasteiger partial charge in [0.1, 0.15) is 0 Å². The van der Waals surface area contributed by atoms with E-state index in [0.717, 1.165) is 25.7 Å². The molecule has 104 valence electrons. The van der Waals surface area contributed by atoms with Crippen LogP contribution in [0.2, 0.25) is 0 Å². The molecular formula is C15H21NO3. The molecule has 2 heterocycles. The van der Waals surface area contributed by atoms with E-state index in [1.165, 1.54) is 11.3 Å². The predicted molar refractivity (Wildman–Crippen MR) is 71.4 cm³/mol. The van der Waals surface area contributed by atoms with Crippen LogP contribution in [-0.2, 0) is 15.9 Å². The molecule has 0 N–H and O–H groups in total. The molecule has 0 amide bonds. The number of rotatable bonds is 3. The van der Waals surface area contributed by atoms with Gasteiger partial charge in [0, 0.05) is 24.8 Å². The van der Waals surface area contributed by atoms with Crippen LogP contribution < -0.4 is 4.74 Å². The average molecular weight is 263 g/mol. The van der Waals surface area contributed by atoms with Crippen molar-refractivity contribution >= 4 is 0 Å². The fourth-order valence-corrected chi connectivity index (χ4v) is 3.24. The molecule has 1 saturated heterocycles. The second-order valence-electron chi connectivity index (χ2n) is 5.37. The number of aromatic nitrogens is 1. The molecule has 0 bridgehead atoms. The summed E-state index contributed by atoms with van der Waals surface area (Å²) in [7, 11) is 1.66. The largest absolute Gasteiger partial charge is 0.481 e. The highest BCUT2D eigenvalue weighted by Crippen LogP contribution is 2.43. The molecule has 1 aliphatic carbocycles. The smallest absolute Gasteiger partial charge is 0.213 e. The molecule has 1 atom stereocenters. The lowest BCUT2D eigenvalue weighted by Gasteiger charge is -2.37. The lowest BCUT2D eigenvalue weighted by molar-refractivity contribution is -0.169. The van der Waals surface area contributed by atoms with Crippen molar-refractivity contribution in [3.63, 3.8) is 0 Å². The first-order valence-electron chi connectivity index (χ1n) is 7.08. The van der Waals surface area contributed by atoms with Crippen LogP contribution in [0.1, 0.15) is 43.4 Å². The molecule has 4 nitrogen and oxygen atoms in total. The van der Waals surface area contributed by atoms with Crippen LogP contribution in [0.4, 0.5) is 0 Å². The quantitative estimate of drug-likeness (QED) is 0.840. The number of hydrogen-bond donors (Lipinski definition) is 0. The van der Waals surface area contributed by atoms with E-state index in [0.29, 0.717) is 25.0 Å². The van der Waals surface area contributed by atoms with Crippen molar-refractivity contribution in [2.75, 3.05) is 20.3 Å². The second kappa shape index (κ2) is 5.10. The van der Waals surface area contributed by atoms with E-state index in [-0.39, 0.29) is 0 Å². The summed E-state index contributed by atoms with van der Waals surface area (Å²) < 4.78 is 17.0. The van der Waals surface area contributed by atoms with E-state index >= 15 is 0 Å². The summed E-state index contributed by atoms with van der Waals surface area (Å²) in [6.45, 7) is 3.62. The van der Waals surface area contributed by atoms with Crippen LogP contribution in [0, 0.1) is 0 Å². The zero-order chi connectivity index (χ0) is 13.3. The summed E-state index contributed by atoms with van der Waals surface area (Å²) in [4.78, 5) is 4.65. The van der Waals surface area contributed by atoms with Crippen molar-refractivity contribution < 1.29 is 14.2 Å². The van der Waals surface area contributed by atoms with Crippen molar-refractivity contribution in [2.45, 2.75) is 44.3 Å². The maximum absolute atomic E-state index is 5.89. The molecule has 0 saturated carbocycles. The van der Waals surface area contributed by atoms with Gasteiger partial charge >= 0.3 is 0 Å². The number of methoxy groups -OCH3 is 1. The van der Waals surface area contributed by atoms with E-state index < -0.39 is 5.79 Å². The highest BCUT2D eigenvalue weighted by atomic mass is 16.7. The Morgan fingerprint density at radius 1 is 1.37 bits per heavy atom. The van der Waals surface area contributed by atoms with Crippen LogP contribution in [-0.4, -0.2) is 31.1 Å². The van der Waals surface area contributed by atoms with Gasteiger partial charge < -0.3 is 14.2 Å². The van der Waals surface area contributed by atoms with E-state index in [1.54, 1.807) is 7.11 Å². The molecule has 1 aromatic heterocycles. The van der Waals surface area contributed by atoms with Gasteiger partial charge in [0.15, 0.2) is 5.79 Å². The summed E-state index contributed by atoms with van der Waals surface area (Å²) in [5, 5.41) is 0. The summed E-state index contributed by atoms with van der Waals surface area (Å²) in [5.74, 6) is 0.703. The Bertz CT molecular complexity index is 455. The topological polar surface area (TPSA) is 40.6 Å². The third-order valence-corrected chi connectivity index (χ3v) is 4.05. The van der Waals surface area contributed by atoms with Crippen LogP contribution in [0.5, 0.6) is 5.88 Å². The Morgan fingerprint density at radius 2 is 2.16 bits per heavy atom. The predicted octanol–water partition coefficient (Wildman–Crippen LogP) is 2.66. The monoisotopic (exact) mass is 263 g/mol. The first-order valence-corrected chi connectivity index (χ1v) is 7.08. The van der Waals surface area contributed by atoms with Gasteiger partial charge in [0.25, 0.3) is 0 Å². The average Bonchev–Trinajstić information content (AvgIpc) is 2.86. The standard InChI is InChI=1S/C15H21NO3/c1-3-4-11-9-15(18-7-8-19-15)10-12-5-6-13(17-2)16-14(11)12/h5-6,11H,3-4,7-10H2,1-2H3. The number of nitrogens with zero attached hydrogens (tertiary/aromatic N) is 1. The minimum Gasteiger partial charge on any atom is -0.481 e. The van der Waals surface area contributed by atoms with Crippen molar-refractivity contribution in [3.8, 4) is 5.88 Å². The Labute approximate surface area is 114 Å². The Balaban J connectivity index is 1.96. The van der Waals surface area contributed by atoms with Gasteiger partial charge in [-0.25, -0.2) is 4.98 Å². The number of ether oxygens (including phenoxy) is 3. The summed E-state index contributed by atoms with van der Waals surface area (Å²) in [6, 6.07) is 4.03. The van der Waals surface area contributed by atoms with Crippen LogP contribution in [0.15, 0.2) is 12.1 Å². The van der Waals surface area contributed by atoms with Crippen LogP contribution in [0.25, 0.3) is 0 Å². The zero-order valence-electron chi connectivity index (χ0n) is 11.6. The van der Waals surface area contributed by atoms with E-state index in [2.05, 4.69) is 18.0 Å². The molecule has 1 aromatic rings. The Hall–Kier alpha value is -1.13. The van der Waals surface area contributed by atoms with Gasteiger partial charge in [-0.3, -0.25) is 0 Å². The van der Waals surface area contributed by atoms with Gasteiger partial charge in [-0.05, 0) is 12.0 Å². The maximum atomic E-state index is 5.89. The van der Waals surface area contributed by atoms with E-state index in [1.807, 2.05) is 6.07 Å². The molecule has 4 heteroatoms. The summed E-state index contributed by atoms with van der Waals surface area (Å²) in [6.07, 6.45) is 3.97. The van der Waals surface area contributed by atoms with Crippen LogP contribution in [0.3, 0.4) is 0 Å². The third kappa shape index (κ3) is 2.35. The maximum Gasteiger partial charge on any atom is 0.213 e. The molecule has 2 aliphatic rings. The Kier molecular flexibility index (Phi) is 3.46. The van der Waals surface area contributed by atoms with Gasteiger partial charge in [0.05, 0.1) is 26.0 Å². The highest BCUT2D eigenvalue weighted by Gasteiger charge is 2.44. The zero-order valence-corrected chi connectivity index (χ0v) is 11.6. The molecule has 0 radical (unpaired) electrons. The van der Waals surface area contributed by atoms with Crippen molar-refractivity contribution in [1.29, 1.82) is 0 Å². The Morgan fingerprint density at radius 3 is 2.84 bits per heavy atom. The fourth-order valence-electron chi connectivity index (χ4n) is 3.24. The second-order valence-corrected chi connectivity index (χ2v) is 5.37. The third-order valence-electron chi connectivity index (χ3n) is 4.05. The SMILES string of the molecule is CCCC1CC2(Cc3ccc(OC)nc31)OCCO2. The minimum atomic E-state index is -0.400. The molecule has 3 rings (SSSR count). The van der Waals surface area contributed by atoms with Crippen molar-refractivity contribution in [3.05, 3.63) is 23.4 Å². The lowest BCUT2D eigenvalue weighted by Crippen LogP contribution is -2.39. The van der Waals surface area contributed by atoms with Gasteiger partial charge in [-0.1, -0.05) is 19.4 Å².